The second kappa shape index (κ2) is 6.93. The highest BCUT2D eigenvalue weighted by molar-refractivity contribution is 5.82. The quantitative estimate of drug-likeness (QED) is 0.859. The van der Waals surface area contributed by atoms with Crippen LogP contribution in [0.5, 0.6) is 0 Å². The standard InChI is InChI=1S/C17H30N2O/c20-17(16-12-7-13-18-16)19(14-8-3-1-4-9-14)15-10-5-2-6-11-15/h14-16,18H,1-13H2/t16-/m0/s1. The molecular formula is C17H30N2O. The first kappa shape index (κ1) is 14.4. The summed E-state index contributed by atoms with van der Waals surface area (Å²) >= 11 is 0. The zero-order valence-electron chi connectivity index (χ0n) is 12.8. The molecule has 1 amide bonds. The van der Waals surface area contributed by atoms with Crippen molar-refractivity contribution >= 4 is 5.91 Å². The van der Waals surface area contributed by atoms with Crippen LogP contribution in [0.1, 0.15) is 77.0 Å². The average Bonchev–Trinajstić information content (AvgIpc) is 3.04. The number of rotatable bonds is 3. The summed E-state index contributed by atoms with van der Waals surface area (Å²) in [6.07, 6.45) is 15.2. The van der Waals surface area contributed by atoms with E-state index in [-0.39, 0.29) is 6.04 Å². The summed E-state index contributed by atoms with van der Waals surface area (Å²) in [6.45, 7) is 1.03. The van der Waals surface area contributed by atoms with Crippen LogP contribution in [0.4, 0.5) is 0 Å². The Hall–Kier alpha value is -0.570. The fourth-order valence-electron chi connectivity index (χ4n) is 4.45. The van der Waals surface area contributed by atoms with Crippen molar-refractivity contribution in [1.29, 1.82) is 0 Å². The molecule has 1 heterocycles. The fraction of sp³-hybridized carbons (Fsp3) is 0.941. The van der Waals surface area contributed by atoms with E-state index in [1.54, 1.807) is 0 Å². The van der Waals surface area contributed by atoms with Gasteiger partial charge in [0.15, 0.2) is 0 Å². The Morgan fingerprint density at radius 3 is 1.75 bits per heavy atom. The van der Waals surface area contributed by atoms with Gasteiger partial charge in [0.25, 0.3) is 0 Å². The molecule has 0 aromatic heterocycles. The Labute approximate surface area is 123 Å². The summed E-state index contributed by atoms with van der Waals surface area (Å²) in [5, 5.41) is 3.42. The molecule has 0 bridgehead atoms. The number of carbonyl (C=O) groups is 1. The maximum atomic E-state index is 13.0. The van der Waals surface area contributed by atoms with Crippen LogP contribution in [-0.2, 0) is 4.79 Å². The van der Waals surface area contributed by atoms with Gasteiger partial charge in [-0.3, -0.25) is 4.79 Å². The normalized spacial score (nSPS) is 29.5. The van der Waals surface area contributed by atoms with Crippen molar-refractivity contribution in [2.75, 3.05) is 6.54 Å². The molecule has 0 unspecified atom stereocenters. The molecule has 0 spiro atoms. The van der Waals surface area contributed by atoms with Gasteiger partial charge in [0.2, 0.25) is 5.91 Å². The van der Waals surface area contributed by atoms with Crippen LogP contribution in [0.15, 0.2) is 0 Å². The minimum atomic E-state index is 0.124. The highest BCUT2D eigenvalue weighted by Crippen LogP contribution is 2.31. The van der Waals surface area contributed by atoms with E-state index in [9.17, 15) is 4.79 Å². The smallest absolute Gasteiger partial charge is 0.240 e. The van der Waals surface area contributed by atoms with Crippen LogP contribution < -0.4 is 5.32 Å². The molecule has 2 aliphatic carbocycles. The summed E-state index contributed by atoms with van der Waals surface area (Å²) in [6, 6.07) is 1.21. The summed E-state index contributed by atoms with van der Waals surface area (Å²) < 4.78 is 0. The van der Waals surface area contributed by atoms with Crippen molar-refractivity contribution in [1.82, 2.24) is 10.2 Å². The van der Waals surface area contributed by atoms with E-state index in [2.05, 4.69) is 10.2 Å². The zero-order valence-corrected chi connectivity index (χ0v) is 12.8. The van der Waals surface area contributed by atoms with Crippen LogP contribution in [0.25, 0.3) is 0 Å². The maximum absolute atomic E-state index is 13.0. The first-order valence-electron chi connectivity index (χ1n) is 8.92. The van der Waals surface area contributed by atoms with E-state index < -0.39 is 0 Å². The predicted molar refractivity (Wildman–Crippen MR) is 81.6 cm³/mol. The third-order valence-electron chi connectivity index (χ3n) is 5.55. The van der Waals surface area contributed by atoms with Gasteiger partial charge in [0.1, 0.15) is 0 Å². The topological polar surface area (TPSA) is 32.3 Å². The lowest BCUT2D eigenvalue weighted by molar-refractivity contribution is -0.140. The number of hydrogen-bond donors (Lipinski definition) is 1. The molecule has 1 N–H and O–H groups in total. The molecule has 3 fully saturated rings. The lowest BCUT2D eigenvalue weighted by atomic mass is 9.88. The van der Waals surface area contributed by atoms with Crippen molar-refractivity contribution in [3.63, 3.8) is 0 Å². The van der Waals surface area contributed by atoms with Gasteiger partial charge < -0.3 is 10.2 Å². The lowest BCUT2D eigenvalue weighted by Gasteiger charge is -2.43. The Morgan fingerprint density at radius 2 is 1.30 bits per heavy atom. The van der Waals surface area contributed by atoms with E-state index in [0.717, 1.165) is 13.0 Å². The van der Waals surface area contributed by atoms with Crippen molar-refractivity contribution in [3.05, 3.63) is 0 Å². The van der Waals surface area contributed by atoms with Gasteiger partial charge in [0.05, 0.1) is 6.04 Å². The molecule has 114 valence electrons. The predicted octanol–water partition coefficient (Wildman–Crippen LogP) is 3.23. The molecule has 20 heavy (non-hydrogen) atoms. The summed E-state index contributed by atoms with van der Waals surface area (Å²) in [7, 11) is 0. The van der Waals surface area contributed by atoms with E-state index in [1.807, 2.05) is 0 Å². The van der Waals surface area contributed by atoms with Crippen molar-refractivity contribution in [3.8, 4) is 0 Å². The molecule has 3 heteroatoms. The third-order valence-corrected chi connectivity index (χ3v) is 5.55. The van der Waals surface area contributed by atoms with Crippen LogP contribution in [-0.4, -0.2) is 35.5 Å². The largest absolute Gasteiger partial charge is 0.335 e. The minimum absolute atomic E-state index is 0.124. The van der Waals surface area contributed by atoms with E-state index in [4.69, 9.17) is 0 Å². The second-order valence-electron chi connectivity index (χ2n) is 6.98. The highest BCUT2D eigenvalue weighted by Gasteiger charge is 2.36. The lowest BCUT2D eigenvalue weighted by Crippen LogP contribution is -2.54. The van der Waals surface area contributed by atoms with Gasteiger partial charge in [-0.1, -0.05) is 38.5 Å². The number of hydrogen-bond acceptors (Lipinski definition) is 2. The Kier molecular flexibility index (Phi) is 4.98. The number of carbonyl (C=O) groups excluding carboxylic acids is 1. The molecule has 0 aromatic carbocycles. The van der Waals surface area contributed by atoms with Gasteiger partial charge >= 0.3 is 0 Å². The van der Waals surface area contributed by atoms with Gasteiger partial charge in [0, 0.05) is 12.1 Å². The zero-order chi connectivity index (χ0) is 13.8. The molecule has 3 nitrogen and oxygen atoms in total. The molecule has 0 aromatic rings. The molecule has 2 saturated carbocycles. The highest BCUT2D eigenvalue weighted by atomic mass is 16.2. The van der Waals surface area contributed by atoms with Crippen molar-refractivity contribution in [2.24, 2.45) is 0 Å². The molecular weight excluding hydrogens is 248 g/mol. The Balaban J connectivity index is 1.72. The molecule has 1 aliphatic heterocycles. The third kappa shape index (κ3) is 3.19. The SMILES string of the molecule is O=C([C@@H]1CCCN1)N(C1CCCCC1)C1CCCCC1. The summed E-state index contributed by atoms with van der Waals surface area (Å²) in [5.41, 5.74) is 0. The Morgan fingerprint density at radius 1 is 0.750 bits per heavy atom. The van der Waals surface area contributed by atoms with E-state index in [0.29, 0.717) is 18.0 Å². The van der Waals surface area contributed by atoms with Gasteiger partial charge in [-0.25, -0.2) is 0 Å². The maximum Gasteiger partial charge on any atom is 0.240 e. The van der Waals surface area contributed by atoms with E-state index >= 15 is 0 Å². The van der Waals surface area contributed by atoms with Gasteiger partial charge in [-0.15, -0.1) is 0 Å². The van der Waals surface area contributed by atoms with Crippen LogP contribution in [0, 0.1) is 0 Å². The number of amides is 1. The van der Waals surface area contributed by atoms with E-state index in [1.165, 1.54) is 70.6 Å². The van der Waals surface area contributed by atoms with Crippen LogP contribution >= 0.6 is 0 Å². The monoisotopic (exact) mass is 278 g/mol. The molecule has 1 atom stereocenters. The summed E-state index contributed by atoms with van der Waals surface area (Å²) in [5.74, 6) is 0.432. The van der Waals surface area contributed by atoms with Gasteiger partial charge in [-0.05, 0) is 45.1 Å². The molecule has 1 saturated heterocycles. The van der Waals surface area contributed by atoms with Crippen molar-refractivity contribution in [2.45, 2.75) is 95.2 Å². The molecule has 3 aliphatic rings. The first-order chi connectivity index (χ1) is 9.86. The molecule has 3 rings (SSSR count). The average molecular weight is 278 g/mol. The fourth-order valence-corrected chi connectivity index (χ4v) is 4.45. The van der Waals surface area contributed by atoms with Gasteiger partial charge in [-0.2, -0.15) is 0 Å². The summed E-state index contributed by atoms with van der Waals surface area (Å²) in [4.78, 5) is 15.4. The second-order valence-corrected chi connectivity index (χ2v) is 6.98. The van der Waals surface area contributed by atoms with Crippen LogP contribution in [0.3, 0.4) is 0 Å². The first-order valence-corrected chi connectivity index (χ1v) is 8.92. The van der Waals surface area contributed by atoms with Crippen molar-refractivity contribution < 1.29 is 4.79 Å². The minimum Gasteiger partial charge on any atom is -0.335 e. The van der Waals surface area contributed by atoms with Crippen LogP contribution in [0.2, 0.25) is 0 Å². The Bertz CT molecular complexity index is 295. The number of nitrogens with zero attached hydrogens (tertiary/aromatic N) is 1. The number of nitrogens with one attached hydrogen (secondary N) is 1. The molecule has 0 radical (unpaired) electrons.